The number of amides is 1. The van der Waals surface area contributed by atoms with Crippen LogP contribution in [-0.4, -0.2) is 40.2 Å². The van der Waals surface area contributed by atoms with Gasteiger partial charge in [-0.3, -0.25) is 10.1 Å². The predicted molar refractivity (Wildman–Crippen MR) is 75.5 cm³/mol. The Bertz CT molecular complexity index is 580. The third-order valence-electron chi connectivity index (χ3n) is 3.86. The maximum absolute atomic E-state index is 13.3. The molecule has 0 bridgehead atoms. The Kier molecular flexibility index (Phi) is 4.79. The first-order chi connectivity index (χ1) is 10.4. The molecule has 1 fully saturated rings. The lowest BCUT2D eigenvalue weighted by atomic mass is 9.92. The van der Waals surface area contributed by atoms with Crippen molar-refractivity contribution in [3.8, 4) is 5.75 Å². The standard InChI is InChI=1S/C14H17FN2O5/c1-16(14(18)19)10-3-2-4-11(8-10)22-13-7-9(15)5-6-12(13)17(20)21/h5-7,10-11H,2-4,8H2,1H3,(H,18,19). The Balaban J connectivity index is 2.12. The van der Waals surface area contributed by atoms with Gasteiger partial charge in [0.05, 0.1) is 4.92 Å². The van der Waals surface area contributed by atoms with Crippen LogP contribution in [0, 0.1) is 15.9 Å². The van der Waals surface area contributed by atoms with E-state index < -0.39 is 16.8 Å². The molecule has 0 radical (unpaired) electrons. The van der Waals surface area contributed by atoms with E-state index in [0.717, 1.165) is 24.6 Å². The summed E-state index contributed by atoms with van der Waals surface area (Å²) in [6.45, 7) is 0. The van der Waals surface area contributed by atoms with Crippen LogP contribution in [0.15, 0.2) is 18.2 Å². The van der Waals surface area contributed by atoms with Crippen LogP contribution in [0.3, 0.4) is 0 Å². The van der Waals surface area contributed by atoms with Gasteiger partial charge in [-0.25, -0.2) is 9.18 Å². The second-order valence-electron chi connectivity index (χ2n) is 5.32. The third kappa shape index (κ3) is 3.63. The third-order valence-corrected chi connectivity index (χ3v) is 3.86. The van der Waals surface area contributed by atoms with E-state index in [1.54, 1.807) is 0 Å². The van der Waals surface area contributed by atoms with Crippen molar-refractivity contribution in [1.82, 2.24) is 4.90 Å². The number of nitrogens with zero attached hydrogens (tertiary/aromatic N) is 2. The molecule has 8 heteroatoms. The van der Waals surface area contributed by atoms with E-state index in [-0.39, 0.29) is 23.6 Å². The lowest BCUT2D eigenvalue weighted by Gasteiger charge is -2.33. The van der Waals surface area contributed by atoms with E-state index >= 15 is 0 Å². The molecule has 1 aliphatic rings. The molecule has 1 aliphatic carbocycles. The van der Waals surface area contributed by atoms with Gasteiger partial charge in [-0.15, -0.1) is 0 Å². The summed E-state index contributed by atoms with van der Waals surface area (Å²) < 4.78 is 18.9. The van der Waals surface area contributed by atoms with Crippen LogP contribution < -0.4 is 4.74 Å². The Labute approximate surface area is 126 Å². The van der Waals surface area contributed by atoms with Gasteiger partial charge in [0.2, 0.25) is 0 Å². The van der Waals surface area contributed by atoms with Crippen molar-refractivity contribution in [2.75, 3.05) is 7.05 Å². The van der Waals surface area contributed by atoms with Gasteiger partial charge in [-0.2, -0.15) is 0 Å². The zero-order chi connectivity index (χ0) is 16.3. The molecule has 1 amide bonds. The highest BCUT2D eigenvalue weighted by Gasteiger charge is 2.30. The minimum atomic E-state index is -1.03. The molecular weight excluding hydrogens is 295 g/mol. The Hall–Kier alpha value is -2.38. The maximum atomic E-state index is 13.3. The fraction of sp³-hybridized carbons (Fsp3) is 0.500. The smallest absolute Gasteiger partial charge is 0.407 e. The highest BCUT2D eigenvalue weighted by atomic mass is 19.1. The van der Waals surface area contributed by atoms with Crippen LogP contribution in [0.25, 0.3) is 0 Å². The molecule has 0 spiro atoms. The van der Waals surface area contributed by atoms with E-state index in [4.69, 9.17) is 9.84 Å². The lowest BCUT2D eigenvalue weighted by Crippen LogP contribution is -2.42. The fourth-order valence-electron chi connectivity index (χ4n) is 2.65. The van der Waals surface area contributed by atoms with Crippen LogP contribution in [-0.2, 0) is 0 Å². The summed E-state index contributed by atoms with van der Waals surface area (Å²) in [6, 6.07) is 2.85. The first-order valence-electron chi connectivity index (χ1n) is 6.95. The summed E-state index contributed by atoms with van der Waals surface area (Å²) in [4.78, 5) is 22.5. The maximum Gasteiger partial charge on any atom is 0.407 e. The van der Waals surface area contributed by atoms with Crippen LogP contribution in [0.1, 0.15) is 25.7 Å². The van der Waals surface area contributed by atoms with Gasteiger partial charge in [0, 0.05) is 31.6 Å². The SMILES string of the molecule is CN(C(=O)O)C1CCCC(Oc2cc(F)ccc2[N+](=O)[O-])C1. The molecule has 2 unspecified atom stereocenters. The van der Waals surface area contributed by atoms with E-state index in [1.807, 2.05) is 0 Å². The summed E-state index contributed by atoms with van der Waals surface area (Å²) in [5.74, 6) is -0.732. The quantitative estimate of drug-likeness (QED) is 0.681. The molecule has 0 saturated heterocycles. The van der Waals surface area contributed by atoms with Crippen LogP contribution in [0.2, 0.25) is 0 Å². The monoisotopic (exact) mass is 312 g/mol. The molecule has 2 atom stereocenters. The molecule has 2 rings (SSSR count). The minimum absolute atomic E-state index is 0.117. The average molecular weight is 312 g/mol. The molecule has 0 heterocycles. The van der Waals surface area contributed by atoms with Crippen LogP contribution in [0.4, 0.5) is 14.9 Å². The minimum Gasteiger partial charge on any atom is -0.483 e. The van der Waals surface area contributed by atoms with Gasteiger partial charge in [0.25, 0.3) is 0 Å². The molecule has 0 aromatic heterocycles. The van der Waals surface area contributed by atoms with Crippen LogP contribution in [0.5, 0.6) is 5.75 Å². The van der Waals surface area contributed by atoms with E-state index in [9.17, 15) is 19.3 Å². The number of hydrogen-bond acceptors (Lipinski definition) is 4. The number of carbonyl (C=O) groups is 1. The lowest BCUT2D eigenvalue weighted by molar-refractivity contribution is -0.386. The number of carboxylic acid groups (broad SMARTS) is 1. The number of hydrogen-bond donors (Lipinski definition) is 1. The molecule has 0 aliphatic heterocycles. The van der Waals surface area contributed by atoms with Gasteiger partial charge in [-0.05, 0) is 25.3 Å². The Morgan fingerprint density at radius 3 is 2.86 bits per heavy atom. The first kappa shape index (κ1) is 16.0. The van der Waals surface area contributed by atoms with Crippen molar-refractivity contribution in [2.45, 2.75) is 37.8 Å². The summed E-state index contributed by atoms with van der Waals surface area (Å²) in [7, 11) is 1.49. The number of nitro groups is 1. The topological polar surface area (TPSA) is 92.9 Å². The summed E-state index contributed by atoms with van der Waals surface area (Å²) in [6.07, 6.45) is 1.14. The summed E-state index contributed by atoms with van der Waals surface area (Å²) >= 11 is 0. The predicted octanol–water partition coefficient (Wildman–Crippen LogP) is 3.03. The largest absolute Gasteiger partial charge is 0.483 e. The van der Waals surface area contributed by atoms with Crippen molar-refractivity contribution >= 4 is 11.8 Å². The van der Waals surface area contributed by atoms with Gasteiger partial charge >= 0.3 is 11.8 Å². The molecule has 1 saturated carbocycles. The van der Waals surface area contributed by atoms with E-state index in [0.29, 0.717) is 19.3 Å². The molecule has 7 nitrogen and oxygen atoms in total. The van der Waals surface area contributed by atoms with Crippen LogP contribution >= 0.6 is 0 Å². The number of rotatable bonds is 4. The number of nitro benzene ring substituents is 1. The number of benzene rings is 1. The highest BCUT2D eigenvalue weighted by molar-refractivity contribution is 5.65. The van der Waals surface area contributed by atoms with Gasteiger partial charge in [-0.1, -0.05) is 0 Å². The molecule has 22 heavy (non-hydrogen) atoms. The fourth-order valence-corrected chi connectivity index (χ4v) is 2.65. The highest BCUT2D eigenvalue weighted by Crippen LogP contribution is 2.32. The first-order valence-corrected chi connectivity index (χ1v) is 6.95. The number of ether oxygens (including phenoxy) is 1. The van der Waals surface area contributed by atoms with Gasteiger partial charge in [0.1, 0.15) is 11.9 Å². The average Bonchev–Trinajstić information content (AvgIpc) is 2.46. The normalized spacial score (nSPS) is 21.2. The van der Waals surface area contributed by atoms with Gasteiger partial charge < -0.3 is 14.7 Å². The Morgan fingerprint density at radius 2 is 2.23 bits per heavy atom. The zero-order valence-electron chi connectivity index (χ0n) is 12.1. The zero-order valence-corrected chi connectivity index (χ0v) is 12.1. The second-order valence-corrected chi connectivity index (χ2v) is 5.32. The van der Waals surface area contributed by atoms with Crippen molar-refractivity contribution in [2.24, 2.45) is 0 Å². The second kappa shape index (κ2) is 6.59. The van der Waals surface area contributed by atoms with Gasteiger partial charge in [0.15, 0.2) is 5.75 Å². The Morgan fingerprint density at radius 1 is 1.50 bits per heavy atom. The number of halogens is 1. The summed E-state index contributed by atoms with van der Waals surface area (Å²) in [5, 5.41) is 20.0. The molecular formula is C14H17FN2O5. The van der Waals surface area contributed by atoms with Crippen molar-refractivity contribution in [1.29, 1.82) is 0 Å². The molecule has 1 aromatic rings. The van der Waals surface area contributed by atoms with Crippen molar-refractivity contribution in [3.63, 3.8) is 0 Å². The summed E-state index contributed by atoms with van der Waals surface area (Å²) in [5.41, 5.74) is -0.296. The van der Waals surface area contributed by atoms with E-state index in [1.165, 1.54) is 11.9 Å². The molecule has 1 N–H and O–H groups in total. The van der Waals surface area contributed by atoms with Crippen molar-refractivity contribution < 1.29 is 24.0 Å². The van der Waals surface area contributed by atoms with Crippen molar-refractivity contribution in [3.05, 3.63) is 34.1 Å². The molecule has 1 aromatic carbocycles. The molecule has 120 valence electrons. The van der Waals surface area contributed by atoms with E-state index in [2.05, 4.69) is 0 Å².